The number of benzene rings is 2. The highest BCUT2D eigenvalue weighted by atomic mass is 32.3. The number of rotatable bonds is 3. The molecule has 0 saturated carbocycles. The Morgan fingerprint density at radius 3 is 2.11 bits per heavy atom. The highest BCUT2D eigenvalue weighted by Crippen LogP contribution is 2.47. The summed E-state index contributed by atoms with van der Waals surface area (Å²) in [6.45, 7) is 0. The summed E-state index contributed by atoms with van der Waals surface area (Å²) in [4.78, 5) is 12.3. The van der Waals surface area contributed by atoms with Crippen LogP contribution < -0.4 is 9.61 Å². The summed E-state index contributed by atoms with van der Waals surface area (Å²) in [6, 6.07) is 2.44. The van der Waals surface area contributed by atoms with Gasteiger partial charge in [-0.3, -0.25) is 9.35 Å². The van der Waals surface area contributed by atoms with E-state index in [1.54, 1.807) is 0 Å². The number of hydrogen-bond donors (Lipinski definition) is 7. The Hall–Kier alpha value is -3.84. The Bertz CT molecular complexity index is 1290. The van der Waals surface area contributed by atoms with Crippen LogP contribution >= 0.6 is 0 Å². The van der Waals surface area contributed by atoms with Crippen molar-refractivity contribution in [3.63, 3.8) is 0 Å². The topological polar surface area (TPSA) is 215 Å². The Balaban J connectivity index is 2.37. The molecule has 1 aromatic heterocycles. The van der Waals surface area contributed by atoms with Gasteiger partial charge in [0.1, 0.15) is 11.0 Å². The van der Waals surface area contributed by atoms with E-state index in [1.165, 1.54) is 0 Å². The first-order valence-corrected chi connectivity index (χ1v) is 8.44. The maximum atomic E-state index is 12.3. The number of aromatic hydroxyl groups is 6. The van der Waals surface area contributed by atoms with Crippen LogP contribution in [0.2, 0.25) is 0 Å². The van der Waals surface area contributed by atoms with Crippen LogP contribution in [0.4, 0.5) is 0 Å². The number of phenolic OH excluding ortho intramolecular Hbond substituents is 5. The van der Waals surface area contributed by atoms with Crippen molar-refractivity contribution in [3.8, 4) is 51.6 Å². The number of fused-ring (bicyclic) bond motifs is 1. The summed E-state index contributed by atoms with van der Waals surface area (Å²) in [5.41, 5.74) is -2.34. The second-order valence-electron chi connectivity index (χ2n) is 5.40. The second-order valence-corrected chi connectivity index (χ2v) is 6.42. The predicted molar refractivity (Wildman–Crippen MR) is 90.1 cm³/mol. The van der Waals surface area contributed by atoms with Crippen molar-refractivity contribution in [2.24, 2.45) is 0 Å². The molecule has 148 valence electrons. The van der Waals surface area contributed by atoms with E-state index < -0.39 is 78.4 Å². The van der Waals surface area contributed by atoms with Crippen LogP contribution in [0, 0.1) is 0 Å². The molecule has 7 N–H and O–H groups in total. The van der Waals surface area contributed by atoms with Crippen LogP contribution in [-0.4, -0.2) is 43.6 Å². The second kappa shape index (κ2) is 6.11. The van der Waals surface area contributed by atoms with E-state index in [9.17, 15) is 43.9 Å². The minimum absolute atomic E-state index is 0.518. The minimum Gasteiger partial charge on any atom is -0.504 e. The lowest BCUT2D eigenvalue weighted by atomic mass is 10.1. The summed E-state index contributed by atoms with van der Waals surface area (Å²) in [7, 11) is -5.16. The molecule has 1 heterocycles. The van der Waals surface area contributed by atoms with Gasteiger partial charge in [0.15, 0.2) is 28.8 Å². The van der Waals surface area contributed by atoms with Crippen LogP contribution in [0.25, 0.3) is 22.3 Å². The Labute approximate surface area is 154 Å². The van der Waals surface area contributed by atoms with Crippen LogP contribution in [0.5, 0.6) is 40.2 Å². The predicted octanol–water partition coefficient (Wildman–Crippen LogP) is 0.875. The van der Waals surface area contributed by atoms with Gasteiger partial charge in [-0.15, -0.1) is 0 Å². The van der Waals surface area contributed by atoms with Gasteiger partial charge in [-0.1, -0.05) is 0 Å². The fourth-order valence-corrected chi connectivity index (χ4v) is 2.79. The monoisotopic (exact) mass is 414 g/mol. The van der Waals surface area contributed by atoms with Crippen LogP contribution in [0.3, 0.4) is 0 Å². The third-order valence-corrected chi connectivity index (χ3v) is 4.01. The van der Waals surface area contributed by atoms with Crippen molar-refractivity contribution in [2.75, 3.05) is 0 Å². The molecule has 0 unspecified atom stereocenters. The first-order valence-electron chi connectivity index (χ1n) is 7.08. The molecule has 0 aliphatic rings. The quantitative estimate of drug-likeness (QED) is 0.235. The van der Waals surface area contributed by atoms with E-state index in [4.69, 9.17) is 8.97 Å². The van der Waals surface area contributed by atoms with Crippen molar-refractivity contribution in [2.45, 2.75) is 0 Å². The van der Waals surface area contributed by atoms with Gasteiger partial charge in [0.05, 0.1) is 5.56 Å². The Kier molecular flexibility index (Phi) is 4.13. The Morgan fingerprint density at radius 1 is 0.857 bits per heavy atom. The molecular formula is C15H10O12S. The van der Waals surface area contributed by atoms with Gasteiger partial charge in [-0.05, 0) is 12.1 Å². The van der Waals surface area contributed by atoms with E-state index in [0.29, 0.717) is 0 Å². The highest BCUT2D eigenvalue weighted by molar-refractivity contribution is 7.81. The van der Waals surface area contributed by atoms with E-state index in [2.05, 4.69) is 4.18 Å². The molecule has 0 radical (unpaired) electrons. The normalized spacial score (nSPS) is 11.6. The van der Waals surface area contributed by atoms with E-state index in [0.717, 1.165) is 18.2 Å². The number of phenols is 5. The first-order chi connectivity index (χ1) is 12.9. The molecule has 0 aliphatic heterocycles. The SMILES string of the molecule is O=c1c(O)c(-c2ccc(O)c(OS(=O)(=O)O)c2O)oc2cc(O)c(O)c(O)c12. The molecule has 0 aliphatic carbocycles. The average Bonchev–Trinajstić information content (AvgIpc) is 2.59. The van der Waals surface area contributed by atoms with Crippen molar-refractivity contribution in [1.29, 1.82) is 0 Å². The summed E-state index contributed by atoms with van der Waals surface area (Å²) in [5.74, 6) is -8.09. The molecule has 0 amide bonds. The maximum absolute atomic E-state index is 12.3. The minimum atomic E-state index is -5.16. The molecule has 0 fully saturated rings. The van der Waals surface area contributed by atoms with Crippen molar-refractivity contribution < 1.29 is 52.2 Å². The Morgan fingerprint density at radius 2 is 1.50 bits per heavy atom. The molecule has 2 aromatic carbocycles. The maximum Gasteiger partial charge on any atom is 0.446 e. The van der Waals surface area contributed by atoms with Crippen LogP contribution in [0.15, 0.2) is 27.4 Å². The first kappa shape index (κ1) is 18.9. The fraction of sp³-hybridized carbons (Fsp3) is 0. The molecule has 12 nitrogen and oxygen atoms in total. The zero-order valence-corrected chi connectivity index (χ0v) is 14.1. The summed E-state index contributed by atoms with van der Waals surface area (Å²) < 4.78 is 39.7. The number of hydrogen-bond acceptors (Lipinski definition) is 11. The van der Waals surface area contributed by atoms with Crippen molar-refractivity contribution in [3.05, 3.63) is 28.4 Å². The third-order valence-electron chi connectivity index (χ3n) is 3.63. The molecule has 0 bridgehead atoms. The summed E-state index contributed by atoms with van der Waals surface area (Å²) in [5, 5.41) is 58.0. The van der Waals surface area contributed by atoms with Gasteiger partial charge in [0.25, 0.3) is 0 Å². The largest absolute Gasteiger partial charge is 0.504 e. The molecule has 28 heavy (non-hydrogen) atoms. The standard InChI is InChI=1S/C15H10O12S/c16-5-2-1-4(9(18)15(5)27-28(23,24)25)14-13(22)12(21)8-7(26-14)3-6(17)10(19)11(8)20/h1-3,16-20,22H,(H,23,24,25). The molecule has 3 rings (SSSR count). The van der Waals surface area contributed by atoms with Crippen molar-refractivity contribution in [1.82, 2.24) is 0 Å². The lowest BCUT2D eigenvalue weighted by molar-refractivity contribution is 0.353. The molecule has 0 saturated heterocycles. The lowest BCUT2D eigenvalue weighted by Crippen LogP contribution is -2.07. The fourth-order valence-electron chi connectivity index (χ4n) is 2.41. The van der Waals surface area contributed by atoms with Gasteiger partial charge in [-0.2, -0.15) is 8.42 Å². The van der Waals surface area contributed by atoms with Gasteiger partial charge in [-0.25, -0.2) is 0 Å². The molecule has 0 spiro atoms. The third kappa shape index (κ3) is 2.93. The average molecular weight is 414 g/mol. The summed E-state index contributed by atoms with van der Waals surface area (Å²) in [6.07, 6.45) is 0. The lowest BCUT2D eigenvalue weighted by Gasteiger charge is -2.12. The van der Waals surface area contributed by atoms with E-state index in [1.807, 2.05) is 0 Å². The van der Waals surface area contributed by atoms with Crippen LogP contribution in [0.1, 0.15) is 0 Å². The van der Waals surface area contributed by atoms with Crippen molar-refractivity contribution >= 4 is 21.4 Å². The summed E-state index contributed by atoms with van der Waals surface area (Å²) >= 11 is 0. The van der Waals surface area contributed by atoms with Crippen LogP contribution in [-0.2, 0) is 10.4 Å². The molecular weight excluding hydrogens is 404 g/mol. The van der Waals surface area contributed by atoms with Gasteiger partial charge in [0.2, 0.25) is 22.7 Å². The molecule has 13 heteroatoms. The zero-order chi connectivity index (χ0) is 21.0. The van der Waals surface area contributed by atoms with E-state index in [-0.39, 0.29) is 0 Å². The highest BCUT2D eigenvalue weighted by Gasteiger charge is 2.26. The zero-order valence-electron chi connectivity index (χ0n) is 13.3. The van der Waals surface area contributed by atoms with Gasteiger partial charge in [0, 0.05) is 6.07 Å². The van der Waals surface area contributed by atoms with Gasteiger partial charge >= 0.3 is 10.4 Å². The smallest absolute Gasteiger partial charge is 0.446 e. The van der Waals surface area contributed by atoms with Gasteiger partial charge < -0.3 is 39.2 Å². The van der Waals surface area contributed by atoms with E-state index >= 15 is 0 Å². The molecule has 0 atom stereocenters. The molecule has 3 aromatic rings.